The SMILES string of the molecule is O=C1CN2CCc3c(ccc4ccccc34)N2CC(=O)O1. The molecule has 5 nitrogen and oxygen atoms in total. The summed E-state index contributed by atoms with van der Waals surface area (Å²) >= 11 is 0. The van der Waals surface area contributed by atoms with Crippen LogP contribution in [0.1, 0.15) is 5.56 Å². The summed E-state index contributed by atoms with van der Waals surface area (Å²) in [5.41, 5.74) is 2.22. The summed E-state index contributed by atoms with van der Waals surface area (Å²) in [6.07, 6.45) is 0.856. The number of ether oxygens (including phenoxy) is 1. The molecule has 0 aromatic heterocycles. The van der Waals surface area contributed by atoms with E-state index < -0.39 is 11.9 Å². The van der Waals surface area contributed by atoms with Gasteiger partial charge in [-0.2, -0.15) is 0 Å². The van der Waals surface area contributed by atoms with Crippen LogP contribution >= 0.6 is 0 Å². The first kappa shape index (κ1) is 12.3. The number of hydrogen-bond donors (Lipinski definition) is 0. The lowest BCUT2D eigenvalue weighted by Crippen LogP contribution is -2.49. The molecule has 4 rings (SSSR count). The van der Waals surface area contributed by atoms with Crippen LogP contribution < -0.4 is 5.01 Å². The van der Waals surface area contributed by atoms with Crippen molar-refractivity contribution in [2.75, 3.05) is 24.6 Å². The first-order valence-corrected chi connectivity index (χ1v) is 6.99. The van der Waals surface area contributed by atoms with Crippen LogP contribution in [-0.2, 0) is 20.7 Å². The first-order valence-electron chi connectivity index (χ1n) is 6.99. The third-order valence-electron chi connectivity index (χ3n) is 4.07. The molecule has 0 atom stereocenters. The van der Waals surface area contributed by atoms with Crippen molar-refractivity contribution < 1.29 is 14.3 Å². The van der Waals surface area contributed by atoms with Gasteiger partial charge in [0.25, 0.3) is 0 Å². The topological polar surface area (TPSA) is 49.9 Å². The summed E-state index contributed by atoms with van der Waals surface area (Å²) in [4.78, 5) is 23.3. The van der Waals surface area contributed by atoms with Gasteiger partial charge in [-0.15, -0.1) is 0 Å². The van der Waals surface area contributed by atoms with Gasteiger partial charge < -0.3 is 4.74 Å². The molecular formula is C16H14N2O3. The maximum atomic E-state index is 11.7. The van der Waals surface area contributed by atoms with Crippen LogP contribution in [0.25, 0.3) is 10.8 Å². The largest absolute Gasteiger partial charge is 0.391 e. The van der Waals surface area contributed by atoms with Crippen LogP contribution in [0, 0.1) is 0 Å². The standard InChI is InChI=1S/C16H14N2O3/c19-15-9-17-8-7-13-12-4-2-1-3-11(12)5-6-14(13)18(17)10-16(20)21-15/h1-6H,7-10H2. The molecule has 106 valence electrons. The van der Waals surface area contributed by atoms with E-state index in [-0.39, 0.29) is 13.1 Å². The fraction of sp³-hybridized carbons (Fsp3) is 0.250. The lowest BCUT2D eigenvalue weighted by atomic mass is 9.98. The fourth-order valence-corrected chi connectivity index (χ4v) is 3.16. The number of cyclic esters (lactones) is 2. The third kappa shape index (κ3) is 1.97. The smallest absolute Gasteiger partial charge is 0.334 e. The summed E-state index contributed by atoms with van der Waals surface area (Å²) in [6.45, 7) is 0.915. The van der Waals surface area contributed by atoms with Crippen LogP contribution in [0.5, 0.6) is 0 Å². The maximum absolute atomic E-state index is 11.7. The zero-order valence-electron chi connectivity index (χ0n) is 11.4. The highest BCUT2D eigenvalue weighted by Gasteiger charge is 2.32. The van der Waals surface area contributed by atoms with E-state index in [1.54, 1.807) is 0 Å². The summed E-state index contributed by atoms with van der Waals surface area (Å²) in [6, 6.07) is 12.3. The Morgan fingerprint density at radius 3 is 2.67 bits per heavy atom. The molecule has 0 bridgehead atoms. The van der Waals surface area contributed by atoms with Crippen LogP contribution in [0.4, 0.5) is 5.69 Å². The van der Waals surface area contributed by atoms with Crippen molar-refractivity contribution in [1.29, 1.82) is 0 Å². The summed E-state index contributed by atoms with van der Waals surface area (Å²) in [5.74, 6) is -0.977. The molecule has 2 heterocycles. The van der Waals surface area contributed by atoms with Crippen molar-refractivity contribution in [3.8, 4) is 0 Å². The minimum Gasteiger partial charge on any atom is -0.391 e. The van der Waals surface area contributed by atoms with E-state index in [9.17, 15) is 9.59 Å². The normalized spacial score (nSPS) is 19.0. The first-order chi connectivity index (χ1) is 10.2. The second-order valence-electron chi connectivity index (χ2n) is 5.33. The molecule has 0 radical (unpaired) electrons. The molecule has 0 unspecified atom stereocenters. The Balaban J connectivity index is 1.86. The Labute approximate surface area is 121 Å². The van der Waals surface area contributed by atoms with Crippen LogP contribution in [0.2, 0.25) is 0 Å². The number of carbonyl (C=O) groups excluding carboxylic acids is 2. The summed E-state index contributed by atoms with van der Waals surface area (Å²) in [5, 5.41) is 6.17. The molecule has 0 N–H and O–H groups in total. The van der Waals surface area contributed by atoms with Gasteiger partial charge in [0.05, 0.1) is 5.69 Å². The monoisotopic (exact) mass is 282 g/mol. The molecule has 2 aromatic carbocycles. The van der Waals surface area contributed by atoms with Gasteiger partial charge in [0.1, 0.15) is 13.1 Å². The molecule has 1 saturated heterocycles. The van der Waals surface area contributed by atoms with Gasteiger partial charge in [-0.3, -0.25) is 9.80 Å². The van der Waals surface area contributed by atoms with Crippen molar-refractivity contribution in [1.82, 2.24) is 5.01 Å². The molecule has 0 saturated carbocycles. The van der Waals surface area contributed by atoms with Crippen LogP contribution in [0.15, 0.2) is 36.4 Å². The van der Waals surface area contributed by atoms with Crippen molar-refractivity contribution in [2.24, 2.45) is 0 Å². The summed E-state index contributed by atoms with van der Waals surface area (Å²) in [7, 11) is 0. The molecule has 0 amide bonds. The predicted molar refractivity (Wildman–Crippen MR) is 77.7 cm³/mol. The molecular weight excluding hydrogens is 268 g/mol. The molecule has 2 aliphatic heterocycles. The second-order valence-corrected chi connectivity index (χ2v) is 5.33. The second kappa shape index (κ2) is 4.56. The predicted octanol–water partition coefficient (Wildman–Crippen LogP) is 1.50. The highest BCUT2D eigenvalue weighted by Crippen LogP contribution is 2.34. The Hall–Kier alpha value is -2.40. The van der Waals surface area contributed by atoms with E-state index in [1.165, 1.54) is 16.3 Å². The lowest BCUT2D eigenvalue weighted by molar-refractivity contribution is -0.157. The molecule has 0 aliphatic carbocycles. The molecule has 5 heteroatoms. The number of carbonyl (C=O) groups is 2. The Morgan fingerprint density at radius 2 is 1.76 bits per heavy atom. The van der Waals surface area contributed by atoms with Crippen LogP contribution in [0.3, 0.4) is 0 Å². The van der Waals surface area contributed by atoms with Crippen molar-refractivity contribution in [3.05, 3.63) is 42.0 Å². The minimum absolute atomic E-state index is 0.0804. The molecule has 1 fully saturated rings. The van der Waals surface area contributed by atoms with E-state index in [1.807, 2.05) is 28.2 Å². The number of hydrogen-bond acceptors (Lipinski definition) is 5. The number of rotatable bonds is 0. The third-order valence-corrected chi connectivity index (χ3v) is 4.07. The number of hydrazine groups is 1. The van der Waals surface area contributed by atoms with Crippen molar-refractivity contribution in [2.45, 2.75) is 6.42 Å². The molecule has 2 aliphatic rings. The highest BCUT2D eigenvalue weighted by molar-refractivity contribution is 5.94. The Kier molecular flexibility index (Phi) is 2.68. The van der Waals surface area contributed by atoms with Gasteiger partial charge in [-0.1, -0.05) is 30.3 Å². The summed E-state index contributed by atoms with van der Waals surface area (Å²) < 4.78 is 4.74. The zero-order valence-corrected chi connectivity index (χ0v) is 11.4. The number of benzene rings is 2. The van der Waals surface area contributed by atoms with E-state index >= 15 is 0 Å². The van der Waals surface area contributed by atoms with Gasteiger partial charge >= 0.3 is 11.9 Å². The molecule has 0 spiro atoms. The molecule has 21 heavy (non-hydrogen) atoms. The van der Waals surface area contributed by atoms with Crippen molar-refractivity contribution >= 4 is 28.4 Å². The van der Waals surface area contributed by atoms with Gasteiger partial charge in [0.2, 0.25) is 0 Å². The minimum atomic E-state index is -0.497. The van der Waals surface area contributed by atoms with Gasteiger partial charge in [0, 0.05) is 6.54 Å². The Morgan fingerprint density at radius 1 is 0.952 bits per heavy atom. The highest BCUT2D eigenvalue weighted by atomic mass is 16.6. The average Bonchev–Trinajstić information content (AvgIpc) is 2.63. The quantitative estimate of drug-likeness (QED) is 0.541. The van der Waals surface area contributed by atoms with E-state index in [4.69, 9.17) is 4.74 Å². The Bertz CT molecular complexity index is 756. The van der Waals surface area contributed by atoms with Gasteiger partial charge in [0.15, 0.2) is 0 Å². The lowest BCUT2D eigenvalue weighted by Gasteiger charge is -2.38. The number of fused-ring (bicyclic) bond motifs is 5. The van der Waals surface area contributed by atoms with Gasteiger partial charge in [-0.05, 0) is 28.8 Å². The number of nitrogens with zero attached hydrogens (tertiary/aromatic N) is 2. The fourth-order valence-electron chi connectivity index (χ4n) is 3.16. The average molecular weight is 282 g/mol. The van der Waals surface area contributed by atoms with E-state index in [2.05, 4.69) is 18.2 Å². The van der Waals surface area contributed by atoms with Crippen LogP contribution in [-0.4, -0.2) is 36.6 Å². The zero-order chi connectivity index (χ0) is 14.4. The van der Waals surface area contributed by atoms with Gasteiger partial charge in [-0.25, -0.2) is 9.80 Å². The molecule has 2 aromatic rings. The van der Waals surface area contributed by atoms with E-state index in [0.717, 1.165) is 12.1 Å². The number of esters is 2. The van der Waals surface area contributed by atoms with E-state index in [0.29, 0.717) is 6.54 Å². The maximum Gasteiger partial charge on any atom is 0.334 e. The van der Waals surface area contributed by atoms with Crippen molar-refractivity contribution in [3.63, 3.8) is 0 Å². The number of anilines is 1.